The Labute approximate surface area is 156 Å². The topological polar surface area (TPSA) is 100 Å². The number of hydrogen-bond acceptors (Lipinski definition) is 6. The van der Waals surface area contributed by atoms with E-state index in [1.165, 1.54) is 22.8 Å². The smallest absolute Gasteiger partial charge is 0.411 e. The molecule has 1 saturated carbocycles. The predicted molar refractivity (Wildman–Crippen MR) is 92.0 cm³/mol. The minimum Gasteiger partial charge on any atom is -0.437 e. The van der Waals surface area contributed by atoms with Gasteiger partial charge in [0.05, 0.1) is 19.1 Å². The number of fused-ring (bicyclic) bond motifs is 2. The lowest BCUT2D eigenvalue weighted by Crippen LogP contribution is -2.72. The maximum absolute atomic E-state index is 12.9. The molecule has 1 atom stereocenters. The number of carbonyl (C=O) groups is 2. The fraction of sp³-hybridized carbons (Fsp3) is 0.588. The van der Waals surface area contributed by atoms with Crippen molar-refractivity contribution in [3.8, 4) is 0 Å². The van der Waals surface area contributed by atoms with Crippen LogP contribution in [0.25, 0.3) is 0 Å². The van der Waals surface area contributed by atoms with Crippen LogP contribution in [-0.2, 0) is 19.6 Å². The molecular formula is C17H20N4O5S. The fourth-order valence-electron chi connectivity index (χ4n) is 4.21. The SMILES string of the molecule is O=C(C1CC1)N1CC2(C1)OC(=O)N1CCN(S(=O)(=O)c3cccnc3)CC12. The van der Waals surface area contributed by atoms with E-state index in [0.29, 0.717) is 13.1 Å². The van der Waals surface area contributed by atoms with E-state index in [-0.39, 0.29) is 42.4 Å². The van der Waals surface area contributed by atoms with Crippen molar-refractivity contribution in [2.45, 2.75) is 29.4 Å². The average Bonchev–Trinajstić information content (AvgIpc) is 3.45. The molecule has 0 bridgehead atoms. The Morgan fingerprint density at radius 2 is 2.04 bits per heavy atom. The Morgan fingerprint density at radius 1 is 1.26 bits per heavy atom. The molecule has 2 amide bonds. The first-order valence-electron chi connectivity index (χ1n) is 9.09. The second-order valence-electron chi connectivity index (χ2n) is 7.66. The second-order valence-corrected chi connectivity index (χ2v) is 9.60. The molecule has 0 N–H and O–H groups in total. The van der Waals surface area contributed by atoms with Crippen LogP contribution in [0.1, 0.15) is 12.8 Å². The van der Waals surface area contributed by atoms with Gasteiger partial charge >= 0.3 is 6.09 Å². The van der Waals surface area contributed by atoms with Gasteiger partial charge in [-0.25, -0.2) is 13.2 Å². The van der Waals surface area contributed by atoms with Crippen LogP contribution in [0.4, 0.5) is 4.79 Å². The lowest BCUT2D eigenvalue weighted by molar-refractivity contribution is -0.156. The molecule has 27 heavy (non-hydrogen) atoms. The highest BCUT2D eigenvalue weighted by molar-refractivity contribution is 7.89. The Bertz CT molecular complexity index is 895. The molecule has 1 aromatic heterocycles. The van der Waals surface area contributed by atoms with Crippen LogP contribution in [0, 0.1) is 5.92 Å². The lowest BCUT2D eigenvalue weighted by Gasteiger charge is -2.51. The number of hydrogen-bond donors (Lipinski definition) is 0. The molecule has 1 unspecified atom stereocenters. The number of rotatable bonds is 3. The third-order valence-corrected chi connectivity index (χ3v) is 7.75. The first-order chi connectivity index (χ1) is 12.9. The molecule has 4 fully saturated rings. The number of likely N-dealkylation sites (tertiary alicyclic amines) is 1. The van der Waals surface area contributed by atoms with Crippen molar-refractivity contribution in [1.82, 2.24) is 19.1 Å². The van der Waals surface area contributed by atoms with E-state index in [9.17, 15) is 18.0 Å². The number of nitrogens with zero attached hydrogens (tertiary/aromatic N) is 4. The van der Waals surface area contributed by atoms with Crippen LogP contribution < -0.4 is 0 Å². The molecular weight excluding hydrogens is 372 g/mol. The van der Waals surface area contributed by atoms with Crippen LogP contribution in [-0.4, -0.2) is 83.9 Å². The average molecular weight is 392 g/mol. The van der Waals surface area contributed by atoms with Gasteiger partial charge < -0.3 is 9.64 Å². The molecule has 3 aliphatic heterocycles. The number of carbonyl (C=O) groups excluding carboxylic acids is 2. The standard InChI is InChI=1S/C17H20N4O5S/c22-15(12-3-4-12)19-10-17(11-19)14-9-20(6-7-21(14)16(23)26-17)27(24,25)13-2-1-5-18-8-13/h1-2,5,8,12,14H,3-4,6-7,9-11H2. The predicted octanol–water partition coefficient (Wildman–Crippen LogP) is -0.102. The molecule has 4 heterocycles. The molecule has 1 aromatic rings. The zero-order valence-electron chi connectivity index (χ0n) is 14.7. The largest absolute Gasteiger partial charge is 0.437 e. The van der Waals surface area contributed by atoms with E-state index in [4.69, 9.17) is 4.74 Å². The quantitative estimate of drug-likeness (QED) is 0.712. The molecule has 1 spiro atoms. The molecule has 3 saturated heterocycles. The van der Waals surface area contributed by atoms with Crippen molar-refractivity contribution in [2.24, 2.45) is 5.92 Å². The van der Waals surface area contributed by atoms with Crippen molar-refractivity contribution in [3.63, 3.8) is 0 Å². The van der Waals surface area contributed by atoms with Gasteiger partial charge in [0.15, 0.2) is 5.60 Å². The zero-order chi connectivity index (χ0) is 18.8. The molecule has 4 aliphatic rings. The second kappa shape index (κ2) is 5.65. The van der Waals surface area contributed by atoms with E-state index in [0.717, 1.165) is 12.8 Å². The highest BCUT2D eigenvalue weighted by atomic mass is 32.2. The maximum Gasteiger partial charge on any atom is 0.411 e. The van der Waals surface area contributed by atoms with E-state index < -0.39 is 21.7 Å². The van der Waals surface area contributed by atoms with Gasteiger partial charge in [-0.15, -0.1) is 0 Å². The summed E-state index contributed by atoms with van der Waals surface area (Å²) in [5.74, 6) is 0.232. The van der Waals surface area contributed by atoms with Crippen molar-refractivity contribution >= 4 is 22.0 Å². The van der Waals surface area contributed by atoms with E-state index in [2.05, 4.69) is 4.98 Å². The van der Waals surface area contributed by atoms with Gasteiger partial charge in [0.25, 0.3) is 0 Å². The highest BCUT2D eigenvalue weighted by Gasteiger charge is 2.63. The molecule has 144 valence electrons. The van der Waals surface area contributed by atoms with Gasteiger partial charge in [0.1, 0.15) is 4.90 Å². The van der Waals surface area contributed by atoms with Gasteiger partial charge in [-0.2, -0.15) is 4.31 Å². The summed E-state index contributed by atoms with van der Waals surface area (Å²) < 4.78 is 32.9. The van der Waals surface area contributed by atoms with Crippen LogP contribution in [0.3, 0.4) is 0 Å². The Hall–Kier alpha value is -2.20. The molecule has 0 radical (unpaired) electrons. The van der Waals surface area contributed by atoms with Gasteiger partial charge in [-0.1, -0.05) is 0 Å². The van der Waals surface area contributed by atoms with Gasteiger partial charge in [-0.3, -0.25) is 14.7 Å². The number of sulfonamides is 1. The number of pyridine rings is 1. The van der Waals surface area contributed by atoms with Crippen molar-refractivity contribution in [2.75, 3.05) is 32.7 Å². The third kappa shape index (κ3) is 2.53. The van der Waals surface area contributed by atoms with Crippen molar-refractivity contribution in [3.05, 3.63) is 24.5 Å². The minimum atomic E-state index is -3.69. The Morgan fingerprint density at radius 3 is 2.70 bits per heavy atom. The minimum absolute atomic E-state index is 0.115. The fourth-order valence-corrected chi connectivity index (χ4v) is 5.62. The normalized spacial score (nSPS) is 27.3. The first kappa shape index (κ1) is 16.9. The lowest BCUT2D eigenvalue weighted by atomic mass is 9.84. The highest BCUT2D eigenvalue weighted by Crippen LogP contribution is 2.42. The Balaban J connectivity index is 1.36. The number of amides is 2. The maximum atomic E-state index is 12.9. The summed E-state index contributed by atoms with van der Waals surface area (Å²) in [6, 6.07) is 2.72. The summed E-state index contributed by atoms with van der Waals surface area (Å²) in [7, 11) is -3.69. The first-order valence-corrected chi connectivity index (χ1v) is 10.5. The summed E-state index contributed by atoms with van der Waals surface area (Å²) in [4.78, 5) is 31.9. The van der Waals surface area contributed by atoms with Gasteiger partial charge in [-0.05, 0) is 25.0 Å². The summed E-state index contributed by atoms with van der Waals surface area (Å²) >= 11 is 0. The van der Waals surface area contributed by atoms with Crippen molar-refractivity contribution < 1.29 is 22.7 Å². The van der Waals surface area contributed by atoms with Gasteiger partial charge in [0.2, 0.25) is 15.9 Å². The summed E-state index contributed by atoms with van der Waals surface area (Å²) in [5.41, 5.74) is -0.801. The third-order valence-electron chi connectivity index (χ3n) is 5.90. The van der Waals surface area contributed by atoms with Crippen molar-refractivity contribution in [1.29, 1.82) is 0 Å². The molecule has 9 nitrogen and oxygen atoms in total. The van der Waals surface area contributed by atoms with E-state index >= 15 is 0 Å². The molecule has 5 rings (SSSR count). The van der Waals surface area contributed by atoms with Crippen LogP contribution in [0.15, 0.2) is 29.4 Å². The monoisotopic (exact) mass is 392 g/mol. The van der Waals surface area contributed by atoms with E-state index in [1.54, 1.807) is 15.9 Å². The van der Waals surface area contributed by atoms with Gasteiger partial charge in [0, 0.05) is 37.9 Å². The summed E-state index contributed by atoms with van der Waals surface area (Å²) in [6.45, 7) is 1.34. The molecule has 1 aliphatic carbocycles. The van der Waals surface area contributed by atoms with Crippen LogP contribution in [0.5, 0.6) is 0 Å². The van der Waals surface area contributed by atoms with Crippen LogP contribution in [0.2, 0.25) is 0 Å². The molecule has 10 heteroatoms. The summed E-state index contributed by atoms with van der Waals surface area (Å²) in [6.07, 6.45) is 4.28. The molecule has 0 aromatic carbocycles. The van der Waals surface area contributed by atoms with Crippen LogP contribution >= 0.6 is 0 Å². The zero-order valence-corrected chi connectivity index (χ0v) is 15.5. The summed E-state index contributed by atoms with van der Waals surface area (Å²) in [5, 5.41) is 0. The number of ether oxygens (including phenoxy) is 1. The number of aromatic nitrogens is 1. The van der Waals surface area contributed by atoms with E-state index in [1.807, 2.05) is 0 Å². The number of piperazine rings is 1. The Kier molecular flexibility index (Phi) is 3.54.